The fraction of sp³-hybridized carbons (Fsp3) is 0.647. The summed E-state index contributed by atoms with van der Waals surface area (Å²) in [6.07, 6.45) is 4.01. The van der Waals surface area contributed by atoms with Gasteiger partial charge in [0, 0.05) is 6.04 Å². The lowest BCUT2D eigenvalue weighted by atomic mass is 9.85. The van der Waals surface area contributed by atoms with Gasteiger partial charge in [0.25, 0.3) is 0 Å². The molecule has 0 amide bonds. The van der Waals surface area contributed by atoms with Gasteiger partial charge in [0.2, 0.25) is 0 Å². The van der Waals surface area contributed by atoms with E-state index in [9.17, 15) is 0 Å². The third-order valence-corrected chi connectivity index (χ3v) is 3.95. The van der Waals surface area contributed by atoms with Crippen LogP contribution in [0.5, 0.6) is 5.75 Å². The summed E-state index contributed by atoms with van der Waals surface area (Å²) in [4.78, 5) is 0. The summed E-state index contributed by atoms with van der Waals surface area (Å²) in [6, 6.07) is 10.4. The molecule has 1 aliphatic rings. The lowest BCUT2D eigenvalue weighted by Gasteiger charge is -2.35. The van der Waals surface area contributed by atoms with Gasteiger partial charge in [0.15, 0.2) is 0 Å². The van der Waals surface area contributed by atoms with E-state index in [0.717, 1.165) is 24.6 Å². The third-order valence-electron chi connectivity index (χ3n) is 3.95. The van der Waals surface area contributed by atoms with Gasteiger partial charge < -0.3 is 14.8 Å². The van der Waals surface area contributed by atoms with Gasteiger partial charge >= 0.3 is 0 Å². The van der Waals surface area contributed by atoms with E-state index in [-0.39, 0.29) is 0 Å². The molecule has 3 atom stereocenters. The Morgan fingerprint density at radius 2 is 1.95 bits per heavy atom. The van der Waals surface area contributed by atoms with Crippen molar-refractivity contribution in [2.75, 3.05) is 19.8 Å². The quantitative estimate of drug-likeness (QED) is 0.776. The Hall–Kier alpha value is -1.06. The Kier molecular flexibility index (Phi) is 6.34. The maximum atomic E-state index is 6.05. The molecule has 3 nitrogen and oxygen atoms in total. The summed E-state index contributed by atoms with van der Waals surface area (Å²) >= 11 is 0. The lowest BCUT2D eigenvalue weighted by molar-refractivity contribution is -0.0181. The molecule has 1 N–H and O–H groups in total. The zero-order valence-corrected chi connectivity index (χ0v) is 12.7. The molecular weight excluding hydrogens is 250 g/mol. The molecule has 1 aromatic rings. The van der Waals surface area contributed by atoms with Gasteiger partial charge in [0.05, 0.1) is 12.7 Å². The smallest absolute Gasteiger partial charge is 0.119 e. The van der Waals surface area contributed by atoms with Gasteiger partial charge in [-0.1, -0.05) is 32.0 Å². The second-order valence-electron chi connectivity index (χ2n) is 5.65. The first kappa shape index (κ1) is 15.3. The van der Waals surface area contributed by atoms with E-state index in [4.69, 9.17) is 9.47 Å². The van der Waals surface area contributed by atoms with Crippen LogP contribution in [0.3, 0.4) is 0 Å². The van der Waals surface area contributed by atoms with Gasteiger partial charge in [0.1, 0.15) is 12.4 Å². The number of hydrogen-bond acceptors (Lipinski definition) is 3. The number of benzene rings is 1. The molecule has 0 spiro atoms. The Balaban J connectivity index is 1.70. The zero-order valence-electron chi connectivity index (χ0n) is 12.7. The Labute approximate surface area is 122 Å². The average Bonchev–Trinajstić information content (AvgIpc) is 2.47. The van der Waals surface area contributed by atoms with Crippen LogP contribution < -0.4 is 10.1 Å². The molecule has 0 heterocycles. The van der Waals surface area contributed by atoms with Crippen molar-refractivity contribution < 1.29 is 9.47 Å². The summed E-state index contributed by atoms with van der Waals surface area (Å²) in [5.41, 5.74) is 0. The van der Waals surface area contributed by atoms with Crippen molar-refractivity contribution in [1.29, 1.82) is 0 Å². The molecule has 0 radical (unpaired) electrons. The Morgan fingerprint density at radius 3 is 2.70 bits per heavy atom. The minimum atomic E-state index is 0.332. The van der Waals surface area contributed by atoms with Crippen LogP contribution >= 0.6 is 0 Å². The third kappa shape index (κ3) is 4.80. The van der Waals surface area contributed by atoms with E-state index in [1.54, 1.807) is 0 Å². The van der Waals surface area contributed by atoms with Crippen LogP contribution in [-0.4, -0.2) is 31.9 Å². The molecule has 1 saturated carbocycles. The monoisotopic (exact) mass is 277 g/mol. The number of para-hydroxylation sites is 1. The summed E-state index contributed by atoms with van der Waals surface area (Å²) < 4.78 is 11.7. The molecule has 0 saturated heterocycles. The van der Waals surface area contributed by atoms with Crippen LogP contribution in [0, 0.1) is 5.92 Å². The van der Waals surface area contributed by atoms with Crippen LogP contribution in [-0.2, 0) is 4.74 Å². The first-order valence-corrected chi connectivity index (χ1v) is 7.82. The van der Waals surface area contributed by atoms with Gasteiger partial charge in [-0.3, -0.25) is 0 Å². The number of rotatable bonds is 7. The van der Waals surface area contributed by atoms with Crippen molar-refractivity contribution in [3.05, 3.63) is 30.3 Å². The SMILES string of the molecule is CCNC1CCC(C)CC1OCCOc1ccccc1. The molecule has 112 valence electrons. The van der Waals surface area contributed by atoms with Crippen molar-refractivity contribution in [2.45, 2.75) is 45.3 Å². The van der Waals surface area contributed by atoms with Crippen LogP contribution in [0.15, 0.2) is 30.3 Å². The van der Waals surface area contributed by atoms with Gasteiger partial charge in [-0.05, 0) is 43.9 Å². The standard InChI is InChI=1S/C17H27NO2/c1-3-18-16-10-9-14(2)13-17(16)20-12-11-19-15-7-5-4-6-8-15/h4-8,14,16-18H,3,9-13H2,1-2H3. The first-order chi connectivity index (χ1) is 9.79. The molecule has 1 aliphatic carbocycles. The van der Waals surface area contributed by atoms with Crippen molar-refractivity contribution in [3.8, 4) is 5.75 Å². The summed E-state index contributed by atoms with van der Waals surface area (Å²) in [6.45, 7) is 6.77. The van der Waals surface area contributed by atoms with Gasteiger partial charge in [-0.2, -0.15) is 0 Å². The van der Waals surface area contributed by atoms with E-state index in [1.807, 2.05) is 30.3 Å². The van der Waals surface area contributed by atoms with Gasteiger partial charge in [-0.15, -0.1) is 0 Å². The summed E-state index contributed by atoms with van der Waals surface area (Å²) in [7, 11) is 0. The van der Waals surface area contributed by atoms with Crippen molar-refractivity contribution >= 4 is 0 Å². The number of hydrogen-bond donors (Lipinski definition) is 1. The predicted molar refractivity (Wildman–Crippen MR) is 82.2 cm³/mol. The van der Waals surface area contributed by atoms with Crippen LogP contribution in [0.1, 0.15) is 33.1 Å². The molecule has 3 unspecified atom stereocenters. The van der Waals surface area contributed by atoms with Gasteiger partial charge in [-0.25, -0.2) is 0 Å². The fourth-order valence-electron chi connectivity index (χ4n) is 2.88. The van der Waals surface area contributed by atoms with Crippen molar-refractivity contribution in [1.82, 2.24) is 5.32 Å². The first-order valence-electron chi connectivity index (χ1n) is 7.82. The largest absolute Gasteiger partial charge is 0.491 e. The molecular formula is C17H27NO2. The highest BCUT2D eigenvalue weighted by atomic mass is 16.5. The summed E-state index contributed by atoms with van der Waals surface area (Å²) in [5.74, 6) is 1.68. The molecule has 1 aromatic carbocycles. The minimum absolute atomic E-state index is 0.332. The topological polar surface area (TPSA) is 30.5 Å². The predicted octanol–water partition coefficient (Wildman–Crippen LogP) is 3.25. The Morgan fingerprint density at radius 1 is 1.15 bits per heavy atom. The van der Waals surface area contributed by atoms with E-state index < -0.39 is 0 Å². The van der Waals surface area contributed by atoms with E-state index in [2.05, 4.69) is 19.2 Å². The second kappa shape index (κ2) is 8.28. The normalized spacial score (nSPS) is 26.4. The Bertz CT molecular complexity index is 369. The van der Waals surface area contributed by atoms with E-state index in [0.29, 0.717) is 25.4 Å². The molecule has 0 aromatic heterocycles. The van der Waals surface area contributed by atoms with Crippen LogP contribution in [0.2, 0.25) is 0 Å². The molecule has 1 fully saturated rings. The highest BCUT2D eigenvalue weighted by Crippen LogP contribution is 2.26. The molecule has 0 aliphatic heterocycles. The number of nitrogens with one attached hydrogen (secondary N) is 1. The molecule has 0 bridgehead atoms. The summed E-state index contributed by atoms with van der Waals surface area (Å²) in [5, 5.41) is 3.55. The van der Waals surface area contributed by atoms with Crippen molar-refractivity contribution in [3.63, 3.8) is 0 Å². The van der Waals surface area contributed by atoms with Crippen LogP contribution in [0.25, 0.3) is 0 Å². The van der Waals surface area contributed by atoms with E-state index in [1.165, 1.54) is 12.8 Å². The molecule has 2 rings (SSSR count). The average molecular weight is 277 g/mol. The lowest BCUT2D eigenvalue weighted by Crippen LogP contribution is -2.45. The van der Waals surface area contributed by atoms with Crippen LogP contribution in [0.4, 0.5) is 0 Å². The minimum Gasteiger partial charge on any atom is -0.491 e. The molecule has 20 heavy (non-hydrogen) atoms. The maximum Gasteiger partial charge on any atom is 0.119 e. The second-order valence-corrected chi connectivity index (χ2v) is 5.65. The highest BCUT2D eigenvalue weighted by molar-refractivity contribution is 5.20. The molecule has 3 heteroatoms. The zero-order chi connectivity index (χ0) is 14.2. The number of ether oxygens (including phenoxy) is 2. The van der Waals surface area contributed by atoms with Crippen molar-refractivity contribution in [2.24, 2.45) is 5.92 Å². The number of likely N-dealkylation sites (N-methyl/N-ethyl adjacent to an activating group) is 1. The highest BCUT2D eigenvalue weighted by Gasteiger charge is 2.28. The fourth-order valence-corrected chi connectivity index (χ4v) is 2.88. The van der Waals surface area contributed by atoms with E-state index >= 15 is 0 Å². The maximum absolute atomic E-state index is 6.05.